The zero-order valence-corrected chi connectivity index (χ0v) is 7.28. The van der Waals surface area contributed by atoms with E-state index in [1.54, 1.807) is 6.20 Å². The molecule has 0 amide bonds. The summed E-state index contributed by atoms with van der Waals surface area (Å²) in [6.45, 7) is 5.01. The molecule has 0 saturated carbocycles. The standard InChI is InChI=1S/C7H13N3O2/c1-3-11-7(12-4-2)6-5-8-10-9-6/h5,7H,3-4H2,1-2H3,(H,8,9,10). The van der Waals surface area contributed by atoms with Crippen molar-refractivity contribution < 1.29 is 9.47 Å². The van der Waals surface area contributed by atoms with E-state index in [0.717, 1.165) is 0 Å². The monoisotopic (exact) mass is 171 g/mol. The van der Waals surface area contributed by atoms with E-state index in [0.29, 0.717) is 18.9 Å². The third-order valence-corrected chi connectivity index (χ3v) is 1.31. The number of nitrogens with zero attached hydrogens (tertiary/aromatic N) is 2. The highest BCUT2D eigenvalue weighted by Gasteiger charge is 2.13. The van der Waals surface area contributed by atoms with E-state index in [4.69, 9.17) is 9.47 Å². The van der Waals surface area contributed by atoms with Gasteiger partial charge in [-0.05, 0) is 13.8 Å². The zero-order valence-electron chi connectivity index (χ0n) is 7.28. The number of rotatable bonds is 5. The molecule has 68 valence electrons. The lowest BCUT2D eigenvalue weighted by molar-refractivity contribution is -0.142. The Kier molecular flexibility index (Phi) is 3.69. The maximum absolute atomic E-state index is 5.28. The summed E-state index contributed by atoms with van der Waals surface area (Å²) in [6, 6.07) is 0. The van der Waals surface area contributed by atoms with E-state index in [9.17, 15) is 0 Å². The highest BCUT2D eigenvalue weighted by molar-refractivity contribution is 4.92. The van der Waals surface area contributed by atoms with Crippen LogP contribution in [0.2, 0.25) is 0 Å². The average Bonchev–Trinajstić information content (AvgIpc) is 2.56. The molecule has 1 N–H and O–H groups in total. The van der Waals surface area contributed by atoms with Crippen molar-refractivity contribution in [2.75, 3.05) is 13.2 Å². The second-order valence-corrected chi connectivity index (χ2v) is 2.14. The fraction of sp³-hybridized carbons (Fsp3) is 0.714. The van der Waals surface area contributed by atoms with Crippen LogP contribution >= 0.6 is 0 Å². The first-order valence-electron chi connectivity index (χ1n) is 3.98. The molecule has 0 aliphatic heterocycles. The minimum atomic E-state index is -0.390. The molecule has 0 spiro atoms. The number of hydrogen-bond acceptors (Lipinski definition) is 4. The van der Waals surface area contributed by atoms with Crippen LogP contribution in [0, 0.1) is 0 Å². The molecule has 0 unspecified atom stereocenters. The van der Waals surface area contributed by atoms with E-state index < -0.39 is 6.29 Å². The fourth-order valence-corrected chi connectivity index (χ4v) is 0.847. The molecule has 0 fully saturated rings. The molecule has 1 aromatic rings. The van der Waals surface area contributed by atoms with Crippen LogP contribution < -0.4 is 0 Å². The smallest absolute Gasteiger partial charge is 0.204 e. The van der Waals surface area contributed by atoms with Crippen LogP contribution in [-0.4, -0.2) is 28.6 Å². The van der Waals surface area contributed by atoms with E-state index in [2.05, 4.69) is 15.4 Å². The van der Waals surface area contributed by atoms with Crippen LogP contribution in [0.15, 0.2) is 6.20 Å². The Morgan fingerprint density at radius 3 is 2.50 bits per heavy atom. The van der Waals surface area contributed by atoms with Gasteiger partial charge in [0.2, 0.25) is 6.29 Å². The first-order valence-corrected chi connectivity index (χ1v) is 3.98. The molecular formula is C7H13N3O2. The van der Waals surface area contributed by atoms with Gasteiger partial charge in [0, 0.05) is 13.2 Å². The summed E-state index contributed by atoms with van der Waals surface area (Å²) in [5.41, 5.74) is 0.679. The van der Waals surface area contributed by atoms with Gasteiger partial charge >= 0.3 is 0 Å². The molecular weight excluding hydrogens is 158 g/mol. The van der Waals surface area contributed by atoms with Crippen LogP contribution in [0.3, 0.4) is 0 Å². The SMILES string of the molecule is CCOC(OCC)c1c[nH]nn1. The number of hydrogen-bond donors (Lipinski definition) is 1. The van der Waals surface area contributed by atoms with Gasteiger partial charge in [-0.1, -0.05) is 5.21 Å². The molecule has 0 saturated heterocycles. The second kappa shape index (κ2) is 4.84. The van der Waals surface area contributed by atoms with Crippen molar-refractivity contribution in [2.24, 2.45) is 0 Å². The van der Waals surface area contributed by atoms with E-state index in [1.807, 2.05) is 13.8 Å². The molecule has 1 heterocycles. The predicted octanol–water partition coefficient (Wildman–Crippen LogP) is 0.876. The second-order valence-electron chi connectivity index (χ2n) is 2.14. The van der Waals surface area contributed by atoms with Gasteiger partial charge in [0.05, 0.1) is 6.20 Å². The van der Waals surface area contributed by atoms with Crippen LogP contribution in [-0.2, 0) is 9.47 Å². The van der Waals surface area contributed by atoms with Gasteiger partial charge in [-0.25, -0.2) is 0 Å². The number of aromatic amines is 1. The highest BCUT2D eigenvalue weighted by Crippen LogP contribution is 2.14. The summed E-state index contributed by atoms with van der Waals surface area (Å²) >= 11 is 0. The molecule has 0 aromatic carbocycles. The van der Waals surface area contributed by atoms with Crippen LogP contribution in [0.1, 0.15) is 25.8 Å². The van der Waals surface area contributed by atoms with Crippen molar-refractivity contribution in [3.63, 3.8) is 0 Å². The molecule has 0 aliphatic rings. The van der Waals surface area contributed by atoms with Crippen molar-refractivity contribution in [1.82, 2.24) is 15.4 Å². The van der Waals surface area contributed by atoms with Crippen molar-refractivity contribution >= 4 is 0 Å². The lowest BCUT2D eigenvalue weighted by atomic mass is 10.4. The number of aromatic nitrogens is 3. The quantitative estimate of drug-likeness (QED) is 0.668. The predicted molar refractivity (Wildman–Crippen MR) is 42.4 cm³/mol. The summed E-state index contributed by atoms with van der Waals surface area (Å²) in [5, 5.41) is 9.98. The van der Waals surface area contributed by atoms with Crippen LogP contribution in [0.4, 0.5) is 0 Å². The van der Waals surface area contributed by atoms with E-state index in [1.165, 1.54) is 0 Å². The molecule has 0 radical (unpaired) electrons. The van der Waals surface area contributed by atoms with Gasteiger partial charge in [-0.15, -0.1) is 5.10 Å². The van der Waals surface area contributed by atoms with E-state index in [-0.39, 0.29) is 0 Å². The maximum Gasteiger partial charge on any atom is 0.204 e. The number of H-pyrrole nitrogens is 1. The van der Waals surface area contributed by atoms with Gasteiger partial charge in [0.25, 0.3) is 0 Å². The summed E-state index contributed by atoms with van der Waals surface area (Å²) < 4.78 is 10.6. The Hall–Kier alpha value is -0.940. The largest absolute Gasteiger partial charge is 0.347 e. The normalized spacial score (nSPS) is 10.9. The Morgan fingerprint density at radius 1 is 1.42 bits per heavy atom. The van der Waals surface area contributed by atoms with Crippen molar-refractivity contribution in [2.45, 2.75) is 20.1 Å². The molecule has 0 aliphatic carbocycles. The lowest BCUT2D eigenvalue weighted by Crippen LogP contribution is -2.09. The van der Waals surface area contributed by atoms with Gasteiger partial charge in [0.1, 0.15) is 5.69 Å². The van der Waals surface area contributed by atoms with Gasteiger partial charge < -0.3 is 9.47 Å². The van der Waals surface area contributed by atoms with Crippen LogP contribution in [0.5, 0.6) is 0 Å². The van der Waals surface area contributed by atoms with Crippen molar-refractivity contribution in [1.29, 1.82) is 0 Å². The van der Waals surface area contributed by atoms with Gasteiger partial charge in [0.15, 0.2) is 0 Å². The molecule has 0 atom stereocenters. The van der Waals surface area contributed by atoms with Crippen LogP contribution in [0.25, 0.3) is 0 Å². The minimum absolute atomic E-state index is 0.390. The van der Waals surface area contributed by atoms with Gasteiger partial charge in [-0.3, -0.25) is 5.10 Å². The highest BCUT2D eigenvalue weighted by atomic mass is 16.7. The minimum Gasteiger partial charge on any atom is -0.347 e. The van der Waals surface area contributed by atoms with Crippen molar-refractivity contribution in [3.05, 3.63) is 11.9 Å². The Balaban J connectivity index is 2.53. The first kappa shape index (κ1) is 9.15. The third-order valence-electron chi connectivity index (χ3n) is 1.31. The Morgan fingerprint density at radius 2 is 2.08 bits per heavy atom. The summed E-state index contributed by atoms with van der Waals surface area (Å²) in [5.74, 6) is 0. The fourth-order valence-electron chi connectivity index (χ4n) is 0.847. The molecule has 5 nitrogen and oxygen atoms in total. The first-order chi connectivity index (χ1) is 5.88. The summed E-state index contributed by atoms with van der Waals surface area (Å²) in [4.78, 5) is 0. The molecule has 1 aromatic heterocycles. The topological polar surface area (TPSA) is 60.0 Å². The third kappa shape index (κ3) is 2.28. The maximum atomic E-state index is 5.28. The molecule has 1 rings (SSSR count). The number of ether oxygens (including phenoxy) is 2. The number of nitrogens with one attached hydrogen (secondary N) is 1. The van der Waals surface area contributed by atoms with Crippen molar-refractivity contribution in [3.8, 4) is 0 Å². The average molecular weight is 171 g/mol. The summed E-state index contributed by atoms with van der Waals surface area (Å²) in [6.07, 6.45) is 1.27. The summed E-state index contributed by atoms with van der Waals surface area (Å²) in [7, 11) is 0. The zero-order chi connectivity index (χ0) is 8.81. The van der Waals surface area contributed by atoms with E-state index >= 15 is 0 Å². The molecule has 5 heteroatoms. The Labute approximate surface area is 71.1 Å². The molecule has 12 heavy (non-hydrogen) atoms. The van der Waals surface area contributed by atoms with Gasteiger partial charge in [-0.2, -0.15) is 0 Å². The molecule has 0 bridgehead atoms. The Bertz CT molecular complexity index is 194. The lowest BCUT2D eigenvalue weighted by Gasteiger charge is -2.13.